The summed E-state index contributed by atoms with van der Waals surface area (Å²) in [6.07, 6.45) is 1.67. The van der Waals surface area contributed by atoms with E-state index in [2.05, 4.69) is 10.6 Å². The molecule has 0 spiro atoms. The highest BCUT2D eigenvalue weighted by molar-refractivity contribution is 7.10. The molecular formula is C24H24N2O3S. The van der Waals surface area contributed by atoms with Crippen LogP contribution in [0, 0.1) is 13.8 Å². The molecule has 154 valence electrons. The number of anilines is 1. The minimum atomic E-state index is -0.398. The normalized spacial score (nSPS) is 11.1. The molecule has 1 aromatic heterocycles. The highest BCUT2D eigenvalue weighted by Crippen LogP contribution is 2.18. The zero-order valence-corrected chi connectivity index (χ0v) is 18.0. The molecule has 0 fully saturated rings. The quantitative estimate of drug-likeness (QED) is 0.518. The molecule has 0 saturated heterocycles. The first kappa shape index (κ1) is 21.3. The van der Waals surface area contributed by atoms with E-state index in [4.69, 9.17) is 4.74 Å². The van der Waals surface area contributed by atoms with Gasteiger partial charge in [0.15, 0.2) is 0 Å². The van der Waals surface area contributed by atoms with Gasteiger partial charge in [-0.3, -0.25) is 9.59 Å². The van der Waals surface area contributed by atoms with Crippen LogP contribution in [0.3, 0.4) is 0 Å². The number of benzene rings is 2. The van der Waals surface area contributed by atoms with Crippen molar-refractivity contribution in [1.29, 1.82) is 0 Å². The van der Waals surface area contributed by atoms with Crippen molar-refractivity contribution in [1.82, 2.24) is 5.32 Å². The number of ether oxygens (including phenoxy) is 1. The SMILES string of the molecule is CCOc1ccc(NC(=O)/C(=C/c2cccs2)NC(=O)c2ccc(C)c(C)c2)cc1. The molecule has 0 aliphatic rings. The first-order valence-corrected chi connectivity index (χ1v) is 10.5. The number of carbonyl (C=O) groups excluding carboxylic acids is 2. The fourth-order valence-electron chi connectivity index (χ4n) is 2.75. The van der Waals surface area contributed by atoms with Crippen LogP contribution in [-0.2, 0) is 4.79 Å². The molecule has 0 radical (unpaired) electrons. The molecule has 0 unspecified atom stereocenters. The minimum Gasteiger partial charge on any atom is -0.494 e. The second-order valence-electron chi connectivity index (χ2n) is 6.74. The molecule has 3 rings (SSSR count). The minimum absolute atomic E-state index is 0.176. The van der Waals surface area contributed by atoms with Crippen LogP contribution in [0.25, 0.3) is 6.08 Å². The zero-order valence-electron chi connectivity index (χ0n) is 17.2. The van der Waals surface area contributed by atoms with Gasteiger partial charge in [0.05, 0.1) is 6.61 Å². The Labute approximate surface area is 180 Å². The Hall–Kier alpha value is -3.38. The summed E-state index contributed by atoms with van der Waals surface area (Å²) in [5, 5.41) is 7.51. The van der Waals surface area contributed by atoms with Crippen molar-refractivity contribution in [3.8, 4) is 5.75 Å². The van der Waals surface area contributed by atoms with Crippen molar-refractivity contribution >= 4 is 34.9 Å². The summed E-state index contributed by atoms with van der Waals surface area (Å²) in [6, 6.07) is 16.3. The number of thiophene rings is 1. The lowest BCUT2D eigenvalue weighted by atomic mass is 10.1. The summed E-state index contributed by atoms with van der Waals surface area (Å²) in [6.45, 7) is 6.43. The van der Waals surface area contributed by atoms with Crippen molar-refractivity contribution in [2.24, 2.45) is 0 Å². The predicted molar refractivity (Wildman–Crippen MR) is 122 cm³/mol. The van der Waals surface area contributed by atoms with Crippen LogP contribution in [0.5, 0.6) is 5.75 Å². The van der Waals surface area contributed by atoms with E-state index in [1.807, 2.05) is 50.4 Å². The van der Waals surface area contributed by atoms with Crippen LogP contribution in [0.1, 0.15) is 33.3 Å². The first-order chi connectivity index (χ1) is 14.5. The third-order valence-electron chi connectivity index (χ3n) is 4.51. The number of aryl methyl sites for hydroxylation is 2. The van der Waals surface area contributed by atoms with Gasteiger partial charge in [-0.15, -0.1) is 11.3 Å². The molecule has 2 amide bonds. The van der Waals surface area contributed by atoms with Crippen molar-refractivity contribution in [2.45, 2.75) is 20.8 Å². The maximum absolute atomic E-state index is 12.9. The van der Waals surface area contributed by atoms with Crippen LogP contribution >= 0.6 is 11.3 Å². The van der Waals surface area contributed by atoms with Crippen molar-refractivity contribution in [3.05, 3.63) is 87.2 Å². The van der Waals surface area contributed by atoms with Crippen LogP contribution in [0.15, 0.2) is 65.7 Å². The molecule has 0 saturated carbocycles. The van der Waals surface area contributed by atoms with Gasteiger partial charge in [0.2, 0.25) is 0 Å². The number of amides is 2. The van der Waals surface area contributed by atoms with Crippen molar-refractivity contribution in [2.75, 3.05) is 11.9 Å². The molecule has 0 atom stereocenters. The van der Waals surface area contributed by atoms with E-state index in [0.717, 1.165) is 21.8 Å². The third-order valence-corrected chi connectivity index (χ3v) is 5.33. The lowest BCUT2D eigenvalue weighted by Gasteiger charge is -2.12. The molecule has 0 bridgehead atoms. The molecule has 1 heterocycles. The van der Waals surface area contributed by atoms with E-state index in [9.17, 15) is 9.59 Å². The molecule has 2 N–H and O–H groups in total. The Morgan fingerprint density at radius 1 is 1.03 bits per heavy atom. The van der Waals surface area contributed by atoms with E-state index in [1.165, 1.54) is 11.3 Å². The molecule has 6 heteroatoms. The van der Waals surface area contributed by atoms with Crippen LogP contribution in [-0.4, -0.2) is 18.4 Å². The standard InChI is InChI=1S/C24H24N2O3S/c1-4-29-20-11-9-19(10-12-20)25-24(28)22(15-21-6-5-13-30-21)26-23(27)18-8-7-16(2)17(3)14-18/h5-15H,4H2,1-3H3,(H,25,28)(H,26,27)/b22-15-. The summed E-state index contributed by atoms with van der Waals surface area (Å²) in [5.41, 5.74) is 3.42. The third kappa shape index (κ3) is 5.58. The number of carbonyl (C=O) groups is 2. The maximum Gasteiger partial charge on any atom is 0.272 e. The lowest BCUT2D eigenvalue weighted by Crippen LogP contribution is -2.30. The fraction of sp³-hybridized carbons (Fsp3) is 0.167. The smallest absolute Gasteiger partial charge is 0.272 e. The largest absolute Gasteiger partial charge is 0.494 e. The Morgan fingerprint density at radius 2 is 1.80 bits per heavy atom. The highest BCUT2D eigenvalue weighted by Gasteiger charge is 2.16. The molecule has 5 nitrogen and oxygen atoms in total. The van der Waals surface area contributed by atoms with Gasteiger partial charge in [-0.2, -0.15) is 0 Å². The Kier molecular flexibility index (Phi) is 7.03. The van der Waals surface area contributed by atoms with Gasteiger partial charge >= 0.3 is 0 Å². The Morgan fingerprint density at radius 3 is 2.43 bits per heavy atom. The fourth-order valence-corrected chi connectivity index (χ4v) is 3.41. The average molecular weight is 421 g/mol. The molecule has 30 heavy (non-hydrogen) atoms. The topological polar surface area (TPSA) is 67.4 Å². The number of hydrogen-bond acceptors (Lipinski definition) is 4. The summed E-state index contributed by atoms with van der Waals surface area (Å²) >= 11 is 1.49. The van der Waals surface area contributed by atoms with Gasteiger partial charge in [-0.25, -0.2) is 0 Å². The van der Waals surface area contributed by atoms with Crippen LogP contribution in [0.2, 0.25) is 0 Å². The Bertz CT molecular complexity index is 1050. The molecule has 2 aromatic carbocycles. The predicted octanol–water partition coefficient (Wildman–Crippen LogP) is 5.17. The maximum atomic E-state index is 12.9. The van der Waals surface area contributed by atoms with Gasteiger partial charge in [0.25, 0.3) is 11.8 Å². The lowest BCUT2D eigenvalue weighted by molar-refractivity contribution is -0.113. The average Bonchev–Trinajstić information content (AvgIpc) is 3.24. The summed E-state index contributed by atoms with van der Waals surface area (Å²) in [4.78, 5) is 26.6. The van der Waals surface area contributed by atoms with Gasteiger partial charge < -0.3 is 15.4 Å². The van der Waals surface area contributed by atoms with Crippen molar-refractivity contribution < 1.29 is 14.3 Å². The van der Waals surface area contributed by atoms with Crippen LogP contribution in [0.4, 0.5) is 5.69 Å². The van der Waals surface area contributed by atoms with E-state index in [0.29, 0.717) is 17.9 Å². The second-order valence-corrected chi connectivity index (χ2v) is 7.72. The van der Waals surface area contributed by atoms with Gasteiger partial charge in [-0.05, 0) is 85.8 Å². The van der Waals surface area contributed by atoms with E-state index >= 15 is 0 Å². The van der Waals surface area contributed by atoms with Gasteiger partial charge in [-0.1, -0.05) is 12.1 Å². The highest BCUT2D eigenvalue weighted by atomic mass is 32.1. The summed E-state index contributed by atoms with van der Waals surface area (Å²) < 4.78 is 5.42. The molecule has 0 aliphatic carbocycles. The van der Waals surface area contributed by atoms with E-state index < -0.39 is 5.91 Å². The molecule has 3 aromatic rings. The van der Waals surface area contributed by atoms with Crippen LogP contribution < -0.4 is 15.4 Å². The van der Waals surface area contributed by atoms with E-state index in [-0.39, 0.29) is 11.6 Å². The van der Waals surface area contributed by atoms with Crippen molar-refractivity contribution in [3.63, 3.8) is 0 Å². The summed E-state index contributed by atoms with van der Waals surface area (Å²) in [7, 11) is 0. The van der Waals surface area contributed by atoms with Gasteiger partial charge in [0, 0.05) is 16.1 Å². The summed E-state index contributed by atoms with van der Waals surface area (Å²) in [5.74, 6) is 0.000358. The number of nitrogens with one attached hydrogen (secondary N) is 2. The zero-order chi connectivity index (χ0) is 21.5. The number of rotatable bonds is 7. The molecule has 0 aliphatic heterocycles. The van der Waals surface area contributed by atoms with Gasteiger partial charge in [0.1, 0.15) is 11.4 Å². The first-order valence-electron chi connectivity index (χ1n) is 9.64. The Balaban J connectivity index is 1.80. The van der Waals surface area contributed by atoms with E-state index in [1.54, 1.807) is 36.4 Å². The second kappa shape index (κ2) is 9.89. The monoisotopic (exact) mass is 420 g/mol. The number of hydrogen-bond donors (Lipinski definition) is 2. The molecular weight excluding hydrogens is 396 g/mol.